The summed E-state index contributed by atoms with van der Waals surface area (Å²) in [5, 5.41) is 0.382. The second kappa shape index (κ2) is 6.63. The number of ether oxygens (including phenoxy) is 1. The molecule has 2 aromatic rings. The molecule has 2 N–H and O–H groups in total. The summed E-state index contributed by atoms with van der Waals surface area (Å²) in [7, 11) is 0. The number of aromatic nitrogens is 1. The molecule has 1 aromatic heterocycles. The van der Waals surface area contributed by atoms with Crippen LogP contribution in [0.2, 0.25) is 5.02 Å². The number of pyridine rings is 1. The lowest BCUT2D eigenvalue weighted by Crippen LogP contribution is -2.05. The molecule has 0 aliphatic carbocycles. The Morgan fingerprint density at radius 1 is 1.25 bits per heavy atom. The summed E-state index contributed by atoms with van der Waals surface area (Å²) in [5.74, 6) is -1.92. The van der Waals surface area contributed by atoms with Gasteiger partial charge in [-0.15, -0.1) is 0 Å². The maximum absolute atomic E-state index is 13.8. The topological polar surface area (TPSA) is 48.1 Å². The molecule has 0 fully saturated rings. The SMILES string of the molecule is NCCc1cc(F)c(OCc2ccncc2Cl)c(F)c1. The molecule has 0 spiro atoms. The van der Waals surface area contributed by atoms with E-state index >= 15 is 0 Å². The molecule has 0 bridgehead atoms. The lowest BCUT2D eigenvalue weighted by molar-refractivity contribution is 0.274. The van der Waals surface area contributed by atoms with Crippen LogP contribution in [-0.2, 0) is 13.0 Å². The van der Waals surface area contributed by atoms with Gasteiger partial charge in [0.05, 0.1) is 5.02 Å². The standard InChI is InChI=1S/C14H13ClF2N2O/c15-11-7-19-4-2-10(11)8-20-14-12(16)5-9(1-3-18)6-13(14)17/h2,4-7H,1,3,8,18H2. The Kier molecular flexibility index (Phi) is 4.87. The van der Waals surface area contributed by atoms with Gasteiger partial charge in [-0.3, -0.25) is 4.98 Å². The molecule has 0 aliphatic rings. The van der Waals surface area contributed by atoms with Crippen LogP contribution in [0, 0.1) is 11.6 Å². The predicted molar refractivity (Wildman–Crippen MR) is 72.7 cm³/mol. The zero-order valence-corrected chi connectivity index (χ0v) is 11.3. The molecule has 1 heterocycles. The fraction of sp³-hybridized carbons (Fsp3) is 0.214. The molecule has 0 amide bonds. The smallest absolute Gasteiger partial charge is 0.191 e. The molecule has 2 rings (SSSR count). The number of halogens is 3. The minimum Gasteiger partial charge on any atom is -0.483 e. The number of hydrogen-bond acceptors (Lipinski definition) is 3. The third kappa shape index (κ3) is 3.43. The predicted octanol–water partition coefficient (Wildman–Crippen LogP) is 3.09. The van der Waals surface area contributed by atoms with E-state index < -0.39 is 17.4 Å². The van der Waals surface area contributed by atoms with Crippen molar-refractivity contribution in [3.8, 4) is 5.75 Å². The van der Waals surface area contributed by atoms with Crippen LogP contribution in [0.5, 0.6) is 5.75 Å². The van der Waals surface area contributed by atoms with Crippen molar-refractivity contribution in [2.24, 2.45) is 5.73 Å². The van der Waals surface area contributed by atoms with Crippen LogP contribution in [0.15, 0.2) is 30.6 Å². The van der Waals surface area contributed by atoms with Gasteiger partial charge in [-0.05, 0) is 36.7 Å². The number of nitrogens with two attached hydrogens (primary N) is 1. The highest BCUT2D eigenvalue weighted by Gasteiger charge is 2.13. The maximum Gasteiger partial charge on any atom is 0.191 e. The van der Waals surface area contributed by atoms with Gasteiger partial charge in [0.2, 0.25) is 0 Å². The van der Waals surface area contributed by atoms with Gasteiger partial charge in [0.25, 0.3) is 0 Å². The lowest BCUT2D eigenvalue weighted by Gasteiger charge is -2.10. The number of hydrogen-bond donors (Lipinski definition) is 1. The van der Waals surface area contributed by atoms with E-state index in [1.165, 1.54) is 24.5 Å². The van der Waals surface area contributed by atoms with Gasteiger partial charge >= 0.3 is 0 Å². The molecular formula is C14H13ClF2N2O. The van der Waals surface area contributed by atoms with Gasteiger partial charge in [0.15, 0.2) is 17.4 Å². The Balaban J connectivity index is 2.16. The largest absolute Gasteiger partial charge is 0.483 e. The van der Waals surface area contributed by atoms with E-state index in [-0.39, 0.29) is 6.61 Å². The first kappa shape index (κ1) is 14.7. The van der Waals surface area contributed by atoms with E-state index in [0.717, 1.165) is 0 Å². The van der Waals surface area contributed by atoms with Crippen molar-refractivity contribution < 1.29 is 13.5 Å². The van der Waals surface area contributed by atoms with Crippen molar-refractivity contribution in [1.29, 1.82) is 0 Å². The van der Waals surface area contributed by atoms with Crippen molar-refractivity contribution >= 4 is 11.6 Å². The molecule has 0 unspecified atom stereocenters. The van der Waals surface area contributed by atoms with Crippen LogP contribution in [0.1, 0.15) is 11.1 Å². The van der Waals surface area contributed by atoms with Crippen molar-refractivity contribution in [3.63, 3.8) is 0 Å². The summed E-state index contributed by atoms with van der Waals surface area (Å²) in [6.45, 7) is 0.289. The Hall–Kier alpha value is -1.72. The number of nitrogens with zero attached hydrogens (tertiary/aromatic N) is 1. The maximum atomic E-state index is 13.8. The van der Waals surface area contributed by atoms with E-state index in [0.29, 0.717) is 29.1 Å². The highest BCUT2D eigenvalue weighted by Crippen LogP contribution is 2.25. The summed E-state index contributed by atoms with van der Waals surface area (Å²) < 4.78 is 32.7. The Labute approximate surface area is 120 Å². The Morgan fingerprint density at radius 2 is 1.95 bits per heavy atom. The van der Waals surface area contributed by atoms with Gasteiger partial charge < -0.3 is 10.5 Å². The molecule has 106 valence electrons. The lowest BCUT2D eigenvalue weighted by atomic mass is 10.1. The van der Waals surface area contributed by atoms with Gasteiger partial charge in [-0.2, -0.15) is 0 Å². The van der Waals surface area contributed by atoms with E-state index in [1.54, 1.807) is 6.07 Å². The molecule has 20 heavy (non-hydrogen) atoms. The Bertz CT molecular complexity index is 584. The quantitative estimate of drug-likeness (QED) is 0.923. The Morgan fingerprint density at radius 3 is 2.55 bits per heavy atom. The monoisotopic (exact) mass is 298 g/mol. The molecule has 0 saturated carbocycles. The van der Waals surface area contributed by atoms with Gasteiger partial charge in [-0.1, -0.05) is 11.6 Å². The van der Waals surface area contributed by atoms with E-state index in [9.17, 15) is 8.78 Å². The molecule has 1 aromatic carbocycles. The van der Waals surface area contributed by atoms with Crippen LogP contribution in [0.3, 0.4) is 0 Å². The number of benzene rings is 1. The fourth-order valence-corrected chi connectivity index (χ4v) is 1.91. The average Bonchev–Trinajstić information content (AvgIpc) is 2.40. The van der Waals surface area contributed by atoms with Crippen molar-refractivity contribution in [1.82, 2.24) is 4.98 Å². The fourth-order valence-electron chi connectivity index (χ4n) is 1.73. The third-order valence-electron chi connectivity index (χ3n) is 2.72. The summed E-state index contributed by atoms with van der Waals surface area (Å²) in [6, 6.07) is 4.07. The number of rotatable bonds is 5. The molecular weight excluding hydrogens is 286 g/mol. The highest BCUT2D eigenvalue weighted by atomic mass is 35.5. The van der Waals surface area contributed by atoms with Gasteiger partial charge in [-0.25, -0.2) is 8.78 Å². The summed E-state index contributed by atoms with van der Waals surface area (Å²) >= 11 is 5.89. The van der Waals surface area contributed by atoms with Crippen LogP contribution in [-0.4, -0.2) is 11.5 Å². The summed E-state index contributed by atoms with van der Waals surface area (Å²) in [4.78, 5) is 3.82. The third-order valence-corrected chi connectivity index (χ3v) is 3.06. The first-order valence-electron chi connectivity index (χ1n) is 6.01. The van der Waals surface area contributed by atoms with Crippen molar-refractivity contribution in [2.45, 2.75) is 13.0 Å². The van der Waals surface area contributed by atoms with E-state index in [2.05, 4.69) is 4.98 Å². The normalized spacial score (nSPS) is 10.6. The zero-order chi connectivity index (χ0) is 14.5. The first-order chi connectivity index (χ1) is 9.61. The van der Waals surface area contributed by atoms with Crippen molar-refractivity contribution in [3.05, 3.63) is 58.4 Å². The highest BCUT2D eigenvalue weighted by molar-refractivity contribution is 6.31. The molecule has 0 radical (unpaired) electrons. The van der Waals surface area contributed by atoms with Crippen LogP contribution >= 0.6 is 11.6 Å². The van der Waals surface area contributed by atoms with E-state index in [1.807, 2.05) is 0 Å². The molecule has 0 atom stereocenters. The molecule has 0 saturated heterocycles. The minimum atomic E-state index is -0.751. The van der Waals surface area contributed by atoms with Crippen molar-refractivity contribution in [2.75, 3.05) is 6.54 Å². The zero-order valence-electron chi connectivity index (χ0n) is 10.6. The minimum absolute atomic E-state index is 0.0363. The summed E-state index contributed by atoms with van der Waals surface area (Å²) in [6.07, 6.45) is 3.38. The average molecular weight is 299 g/mol. The first-order valence-corrected chi connectivity index (χ1v) is 6.38. The second-order valence-corrected chi connectivity index (χ2v) is 4.59. The molecule has 6 heteroatoms. The van der Waals surface area contributed by atoms with Crippen LogP contribution < -0.4 is 10.5 Å². The van der Waals surface area contributed by atoms with E-state index in [4.69, 9.17) is 22.1 Å². The van der Waals surface area contributed by atoms with Crippen LogP contribution in [0.25, 0.3) is 0 Å². The van der Waals surface area contributed by atoms with Gasteiger partial charge in [0, 0.05) is 18.0 Å². The molecule has 0 aliphatic heterocycles. The van der Waals surface area contributed by atoms with Gasteiger partial charge in [0.1, 0.15) is 6.61 Å². The summed E-state index contributed by atoms with van der Waals surface area (Å²) in [5.41, 5.74) is 6.45. The second-order valence-electron chi connectivity index (χ2n) is 4.18. The molecule has 3 nitrogen and oxygen atoms in total. The van der Waals surface area contributed by atoms with Crippen LogP contribution in [0.4, 0.5) is 8.78 Å².